The van der Waals surface area contributed by atoms with Crippen molar-refractivity contribution in [2.24, 2.45) is 5.92 Å². The summed E-state index contributed by atoms with van der Waals surface area (Å²) in [6, 6.07) is 8.44. The van der Waals surface area contributed by atoms with Crippen LogP contribution in [0.3, 0.4) is 0 Å². The standard InChI is InChI=1S/C17H28N2O/c1-3-11-20-17-6-4-5-16(12-17)14-18-13-15-7-9-19(2)10-8-15/h4-6,12,15,18H,3,7-11,13-14H2,1-2H3. The minimum atomic E-state index is 0.798. The SMILES string of the molecule is CCCOc1cccc(CNCC2CCN(C)CC2)c1. The lowest BCUT2D eigenvalue weighted by Gasteiger charge is -2.29. The van der Waals surface area contributed by atoms with E-state index in [-0.39, 0.29) is 0 Å². The molecule has 112 valence electrons. The van der Waals surface area contributed by atoms with Gasteiger partial charge in [0.25, 0.3) is 0 Å². The number of benzene rings is 1. The molecule has 0 unspecified atom stereocenters. The summed E-state index contributed by atoms with van der Waals surface area (Å²) in [5, 5.41) is 3.60. The Balaban J connectivity index is 1.70. The zero-order valence-electron chi connectivity index (χ0n) is 12.9. The molecular formula is C17H28N2O. The van der Waals surface area contributed by atoms with Crippen molar-refractivity contribution < 1.29 is 4.74 Å². The molecular weight excluding hydrogens is 248 g/mol. The summed E-state index contributed by atoms with van der Waals surface area (Å²) < 4.78 is 5.67. The van der Waals surface area contributed by atoms with Crippen LogP contribution in [0.25, 0.3) is 0 Å². The number of ether oxygens (including phenoxy) is 1. The Morgan fingerprint density at radius 1 is 1.30 bits per heavy atom. The quantitative estimate of drug-likeness (QED) is 0.829. The van der Waals surface area contributed by atoms with Crippen LogP contribution in [0.4, 0.5) is 0 Å². The van der Waals surface area contributed by atoms with Crippen molar-refractivity contribution >= 4 is 0 Å². The fourth-order valence-electron chi connectivity index (χ4n) is 2.65. The molecule has 3 nitrogen and oxygen atoms in total. The number of piperidine rings is 1. The first kappa shape index (κ1) is 15.3. The van der Waals surface area contributed by atoms with Crippen LogP contribution in [0, 0.1) is 5.92 Å². The Hall–Kier alpha value is -1.06. The minimum Gasteiger partial charge on any atom is -0.494 e. The highest BCUT2D eigenvalue weighted by molar-refractivity contribution is 5.28. The number of nitrogens with one attached hydrogen (secondary N) is 1. The second kappa shape index (κ2) is 8.28. The smallest absolute Gasteiger partial charge is 0.119 e. The summed E-state index contributed by atoms with van der Waals surface area (Å²) >= 11 is 0. The number of hydrogen-bond acceptors (Lipinski definition) is 3. The van der Waals surface area contributed by atoms with Crippen LogP contribution in [0.5, 0.6) is 5.75 Å². The lowest BCUT2D eigenvalue weighted by Crippen LogP contribution is -2.34. The fourth-order valence-corrected chi connectivity index (χ4v) is 2.65. The van der Waals surface area contributed by atoms with Crippen LogP contribution in [-0.4, -0.2) is 38.2 Å². The monoisotopic (exact) mass is 276 g/mol. The van der Waals surface area contributed by atoms with Crippen molar-refractivity contribution in [3.63, 3.8) is 0 Å². The van der Waals surface area contributed by atoms with Crippen LogP contribution in [0.2, 0.25) is 0 Å². The molecule has 1 heterocycles. The fraction of sp³-hybridized carbons (Fsp3) is 0.647. The number of nitrogens with zero attached hydrogens (tertiary/aromatic N) is 1. The number of rotatable bonds is 7. The highest BCUT2D eigenvalue weighted by Gasteiger charge is 2.15. The minimum absolute atomic E-state index is 0.798. The number of likely N-dealkylation sites (tertiary alicyclic amines) is 1. The second-order valence-electron chi connectivity index (χ2n) is 5.87. The molecule has 3 heteroatoms. The van der Waals surface area contributed by atoms with Gasteiger partial charge in [-0.2, -0.15) is 0 Å². The van der Waals surface area contributed by atoms with E-state index in [1.165, 1.54) is 31.5 Å². The molecule has 1 aliphatic heterocycles. The van der Waals surface area contributed by atoms with Crippen LogP contribution in [0.1, 0.15) is 31.7 Å². The first-order valence-corrected chi connectivity index (χ1v) is 7.89. The van der Waals surface area contributed by atoms with Crippen molar-refractivity contribution in [2.45, 2.75) is 32.7 Å². The molecule has 0 amide bonds. The molecule has 0 aliphatic carbocycles. The van der Waals surface area contributed by atoms with E-state index in [2.05, 4.69) is 42.4 Å². The third-order valence-electron chi connectivity index (χ3n) is 3.97. The van der Waals surface area contributed by atoms with Gasteiger partial charge in [0.1, 0.15) is 5.75 Å². The molecule has 1 N–H and O–H groups in total. The Kier molecular flexibility index (Phi) is 6.34. The van der Waals surface area contributed by atoms with Gasteiger partial charge in [-0.05, 0) is 69.6 Å². The van der Waals surface area contributed by atoms with Gasteiger partial charge in [-0.1, -0.05) is 19.1 Å². The largest absolute Gasteiger partial charge is 0.494 e. The van der Waals surface area contributed by atoms with Gasteiger partial charge in [0.2, 0.25) is 0 Å². The van der Waals surface area contributed by atoms with Gasteiger partial charge in [0.15, 0.2) is 0 Å². The Morgan fingerprint density at radius 2 is 2.10 bits per heavy atom. The lowest BCUT2D eigenvalue weighted by molar-refractivity contribution is 0.216. The highest BCUT2D eigenvalue weighted by Crippen LogP contribution is 2.16. The van der Waals surface area contributed by atoms with Gasteiger partial charge in [-0.15, -0.1) is 0 Å². The zero-order valence-corrected chi connectivity index (χ0v) is 12.9. The second-order valence-corrected chi connectivity index (χ2v) is 5.87. The third kappa shape index (κ3) is 5.14. The normalized spacial score (nSPS) is 17.3. The van der Waals surface area contributed by atoms with Gasteiger partial charge in [0, 0.05) is 6.54 Å². The molecule has 0 bridgehead atoms. The topological polar surface area (TPSA) is 24.5 Å². The molecule has 0 radical (unpaired) electrons. The summed E-state index contributed by atoms with van der Waals surface area (Å²) in [4.78, 5) is 2.42. The van der Waals surface area contributed by atoms with Crippen molar-refractivity contribution in [3.8, 4) is 5.75 Å². The van der Waals surface area contributed by atoms with E-state index in [0.717, 1.165) is 37.8 Å². The summed E-state index contributed by atoms with van der Waals surface area (Å²) in [5.74, 6) is 1.83. The van der Waals surface area contributed by atoms with Crippen LogP contribution >= 0.6 is 0 Å². The molecule has 1 fully saturated rings. The average Bonchev–Trinajstić information content (AvgIpc) is 2.48. The van der Waals surface area contributed by atoms with E-state index in [0.29, 0.717) is 0 Å². The summed E-state index contributed by atoms with van der Waals surface area (Å²) in [7, 11) is 2.21. The molecule has 20 heavy (non-hydrogen) atoms. The maximum absolute atomic E-state index is 5.67. The van der Waals surface area contributed by atoms with E-state index in [9.17, 15) is 0 Å². The first-order chi connectivity index (χ1) is 9.78. The number of hydrogen-bond donors (Lipinski definition) is 1. The van der Waals surface area contributed by atoms with Gasteiger partial charge in [-0.25, -0.2) is 0 Å². The zero-order chi connectivity index (χ0) is 14.2. The van der Waals surface area contributed by atoms with Crippen molar-refractivity contribution in [2.75, 3.05) is 33.3 Å². The summed E-state index contributed by atoms with van der Waals surface area (Å²) in [5.41, 5.74) is 1.31. The maximum Gasteiger partial charge on any atom is 0.119 e. The van der Waals surface area contributed by atoms with E-state index in [4.69, 9.17) is 4.74 Å². The molecule has 0 saturated carbocycles. The Bertz CT molecular complexity index is 386. The molecule has 0 spiro atoms. The highest BCUT2D eigenvalue weighted by atomic mass is 16.5. The Morgan fingerprint density at radius 3 is 2.85 bits per heavy atom. The van der Waals surface area contributed by atoms with E-state index in [1.54, 1.807) is 0 Å². The molecule has 0 atom stereocenters. The lowest BCUT2D eigenvalue weighted by atomic mass is 9.97. The van der Waals surface area contributed by atoms with E-state index >= 15 is 0 Å². The van der Waals surface area contributed by atoms with Crippen molar-refractivity contribution in [1.82, 2.24) is 10.2 Å². The third-order valence-corrected chi connectivity index (χ3v) is 3.97. The van der Waals surface area contributed by atoms with Crippen LogP contribution in [-0.2, 0) is 6.54 Å². The van der Waals surface area contributed by atoms with Gasteiger partial charge >= 0.3 is 0 Å². The van der Waals surface area contributed by atoms with Gasteiger partial charge in [-0.3, -0.25) is 0 Å². The molecule has 1 aromatic rings. The molecule has 2 rings (SSSR count). The van der Waals surface area contributed by atoms with Crippen molar-refractivity contribution in [1.29, 1.82) is 0 Å². The predicted octanol–water partition coefficient (Wildman–Crippen LogP) is 2.91. The summed E-state index contributed by atoms with van der Waals surface area (Å²) in [6.07, 6.45) is 3.70. The molecule has 0 aromatic heterocycles. The molecule has 1 aliphatic rings. The van der Waals surface area contributed by atoms with Crippen molar-refractivity contribution in [3.05, 3.63) is 29.8 Å². The van der Waals surface area contributed by atoms with E-state index in [1.807, 2.05) is 6.07 Å². The van der Waals surface area contributed by atoms with Gasteiger partial charge in [0.05, 0.1) is 6.61 Å². The molecule has 1 saturated heterocycles. The average molecular weight is 276 g/mol. The maximum atomic E-state index is 5.67. The van der Waals surface area contributed by atoms with Gasteiger partial charge < -0.3 is 15.0 Å². The van der Waals surface area contributed by atoms with E-state index < -0.39 is 0 Å². The first-order valence-electron chi connectivity index (χ1n) is 7.89. The molecule has 1 aromatic carbocycles. The van der Waals surface area contributed by atoms with Crippen LogP contribution in [0.15, 0.2) is 24.3 Å². The summed E-state index contributed by atoms with van der Waals surface area (Å²) in [6.45, 7) is 7.49. The Labute approximate surface area is 123 Å². The predicted molar refractivity (Wildman–Crippen MR) is 84.2 cm³/mol. The van der Waals surface area contributed by atoms with Crippen LogP contribution < -0.4 is 10.1 Å².